The Kier molecular flexibility index (Phi) is 25.3. The van der Waals surface area contributed by atoms with Gasteiger partial charge in [-0.2, -0.15) is 0 Å². The molecule has 0 bridgehead atoms. The van der Waals surface area contributed by atoms with Crippen LogP contribution in [0.2, 0.25) is 0 Å². The minimum absolute atomic E-state index is 0. The second-order valence-electron chi connectivity index (χ2n) is 15.4. The maximum atomic E-state index is 14.1. The van der Waals surface area contributed by atoms with Gasteiger partial charge in [0.2, 0.25) is 11.6 Å². The van der Waals surface area contributed by atoms with Crippen molar-refractivity contribution in [1.82, 2.24) is 0 Å². The Hall–Kier alpha value is -4.60. The summed E-state index contributed by atoms with van der Waals surface area (Å²) in [5, 5.41) is 7.57. The van der Waals surface area contributed by atoms with E-state index in [-0.39, 0.29) is 75.0 Å². The summed E-state index contributed by atoms with van der Waals surface area (Å²) in [5.41, 5.74) is 10.3. The molecule has 0 heterocycles. The smallest absolute Gasteiger partial charge is 0.870 e. The zero-order valence-electron chi connectivity index (χ0n) is 38.9. The Morgan fingerprint density at radius 2 is 0.620 bits per heavy atom. The Labute approximate surface area is 491 Å². The normalized spacial score (nSPS) is 11.3. The SMILES string of the molecule is CCO.O=C(C(=O)c1ccc(Br)cc1)c1ccc(Br)cc1.O=C(Cc1ccccc1)Cc1ccccc1.O=C1C(c2ccccc2)=C(c2ccc(Br)cc2)C(c2ccc(Br)cc2)=C1c1ccccc1.[K+].[OH-]. The van der Waals surface area contributed by atoms with E-state index in [1.54, 1.807) is 55.5 Å². The molecular weight excluding hydrogens is 1180 g/mol. The largest absolute Gasteiger partial charge is 1.00 e. The summed E-state index contributed by atoms with van der Waals surface area (Å²) in [4.78, 5) is 49.8. The molecule has 0 radical (unpaired) electrons. The molecule has 352 valence electrons. The predicted octanol–water partition coefficient (Wildman–Crippen LogP) is 12.5. The number of halogens is 4. The van der Waals surface area contributed by atoms with E-state index in [9.17, 15) is 19.2 Å². The molecule has 11 heteroatoms. The third kappa shape index (κ3) is 17.3. The minimum Gasteiger partial charge on any atom is -0.870 e. The van der Waals surface area contributed by atoms with Gasteiger partial charge in [0.1, 0.15) is 5.78 Å². The maximum Gasteiger partial charge on any atom is 1.00 e. The van der Waals surface area contributed by atoms with Crippen molar-refractivity contribution in [2.75, 3.05) is 6.61 Å². The molecule has 0 atom stereocenters. The molecule has 0 aromatic heterocycles. The van der Waals surface area contributed by atoms with Gasteiger partial charge in [-0.3, -0.25) is 19.2 Å². The van der Waals surface area contributed by atoms with E-state index >= 15 is 0 Å². The van der Waals surface area contributed by atoms with Crippen molar-refractivity contribution in [3.8, 4) is 0 Å². The Balaban J connectivity index is 0.000000240. The number of benzene rings is 8. The van der Waals surface area contributed by atoms with Crippen LogP contribution in [0.4, 0.5) is 0 Å². The van der Waals surface area contributed by atoms with Gasteiger partial charge < -0.3 is 10.6 Å². The van der Waals surface area contributed by atoms with Crippen molar-refractivity contribution < 1.29 is 81.1 Å². The monoisotopic (exact) mass is 1220 g/mol. The van der Waals surface area contributed by atoms with Crippen molar-refractivity contribution in [2.24, 2.45) is 0 Å². The van der Waals surface area contributed by atoms with E-state index in [1.165, 1.54) is 0 Å². The molecular formula is C60H47Br4KO6. The molecule has 0 aliphatic heterocycles. The van der Waals surface area contributed by atoms with Crippen LogP contribution in [-0.4, -0.2) is 40.3 Å². The fourth-order valence-corrected chi connectivity index (χ4v) is 8.40. The summed E-state index contributed by atoms with van der Waals surface area (Å²) in [6.45, 7) is 1.93. The van der Waals surface area contributed by atoms with E-state index in [0.29, 0.717) is 24.0 Å². The third-order valence-corrected chi connectivity index (χ3v) is 12.6. The summed E-state index contributed by atoms with van der Waals surface area (Å²) in [6.07, 6.45) is 1.05. The first-order chi connectivity index (χ1) is 33.5. The van der Waals surface area contributed by atoms with Gasteiger partial charge in [0.25, 0.3) is 0 Å². The van der Waals surface area contributed by atoms with Crippen LogP contribution in [0.1, 0.15) is 61.0 Å². The first-order valence-corrected chi connectivity index (χ1v) is 25.1. The predicted molar refractivity (Wildman–Crippen MR) is 297 cm³/mol. The van der Waals surface area contributed by atoms with Crippen LogP contribution in [0.5, 0.6) is 0 Å². The zero-order valence-corrected chi connectivity index (χ0v) is 48.4. The summed E-state index contributed by atoms with van der Waals surface area (Å²) in [5.74, 6) is -0.676. The molecule has 2 N–H and O–H groups in total. The van der Waals surface area contributed by atoms with Crippen LogP contribution in [0.15, 0.2) is 236 Å². The van der Waals surface area contributed by atoms with Gasteiger partial charge in [0, 0.05) is 70.8 Å². The molecule has 8 aromatic carbocycles. The second-order valence-corrected chi connectivity index (χ2v) is 19.1. The average molecular weight is 1220 g/mol. The number of aliphatic hydroxyl groups excluding tert-OH is 1. The molecule has 1 aliphatic rings. The standard InChI is InChI=1S/C29H18Br2O.C15H14O.C14H8Br2O2.C2H6O.K.H2O/c30-23-15-11-21(12-16-23)25-26(22-13-17-24(31)18-14-22)28(20-9-5-2-6-10-20)29(32)27(25)19-7-3-1-4-8-19;16-15(11-13-7-3-1-4-8-13)12-14-9-5-2-6-10-14;15-11-5-1-9(2-6-11)13(17)14(18)10-3-7-12(16)8-4-10;1-2-3;;/h1-18H;1-10H,11-12H2;1-8H;3H,2H2,1H3;;1H2/q;;;;+1;/p-1. The quantitative estimate of drug-likeness (QED) is 0.0783. The van der Waals surface area contributed by atoms with Gasteiger partial charge in [-0.25, -0.2) is 0 Å². The van der Waals surface area contributed by atoms with Crippen LogP contribution in [0.25, 0.3) is 22.3 Å². The van der Waals surface area contributed by atoms with Gasteiger partial charge in [0.15, 0.2) is 5.78 Å². The van der Waals surface area contributed by atoms with Crippen molar-refractivity contribution >= 4 is 109 Å². The van der Waals surface area contributed by atoms with Gasteiger partial charge in [0.05, 0.1) is 0 Å². The second kappa shape index (κ2) is 30.4. The summed E-state index contributed by atoms with van der Waals surface area (Å²) >= 11 is 13.7. The molecule has 0 unspecified atom stereocenters. The summed E-state index contributed by atoms with van der Waals surface area (Å²) in [6, 6.07) is 69.5. The molecule has 0 fully saturated rings. The van der Waals surface area contributed by atoms with Crippen LogP contribution in [-0.2, 0) is 22.4 Å². The van der Waals surface area contributed by atoms with Gasteiger partial charge in [-0.15, -0.1) is 0 Å². The number of hydrogen-bond acceptors (Lipinski definition) is 6. The fourth-order valence-electron chi connectivity index (χ4n) is 7.35. The fraction of sp³-hybridized carbons (Fsp3) is 0.0667. The number of hydrogen-bond donors (Lipinski definition) is 1. The van der Waals surface area contributed by atoms with E-state index in [0.717, 1.165) is 73.6 Å². The van der Waals surface area contributed by atoms with E-state index < -0.39 is 11.6 Å². The molecule has 0 saturated carbocycles. The Morgan fingerprint density at radius 3 is 0.901 bits per heavy atom. The number of carbonyl (C=O) groups is 4. The van der Waals surface area contributed by atoms with Crippen molar-refractivity contribution in [3.63, 3.8) is 0 Å². The number of Topliss-reactive ketones (excluding diaryl/α,β-unsaturated/α-hetero) is 4. The first-order valence-electron chi connectivity index (χ1n) is 21.9. The molecule has 8 aromatic rings. The molecule has 0 saturated heterocycles. The minimum atomic E-state index is -0.496. The van der Waals surface area contributed by atoms with E-state index in [1.807, 2.05) is 146 Å². The molecule has 6 nitrogen and oxygen atoms in total. The number of carbonyl (C=O) groups excluding carboxylic acids is 4. The van der Waals surface area contributed by atoms with Gasteiger partial charge >= 0.3 is 51.4 Å². The molecule has 1 aliphatic carbocycles. The Morgan fingerprint density at radius 1 is 0.380 bits per heavy atom. The molecule has 0 spiro atoms. The topological polar surface area (TPSA) is 119 Å². The number of aliphatic hydroxyl groups is 1. The summed E-state index contributed by atoms with van der Waals surface area (Å²) < 4.78 is 3.75. The van der Waals surface area contributed by atoms with E-state index in [4.69, 9.17) is 5.11 Å². The average Bonchev–Trinajstić information content (AvgIpc) is 3.68. The first kappa shape index (κ1) is 59.0. The van der Waals surface area contributed by atoms with Crippen LogP contribution in [0.3, 0.4) is 0 Å². The van der Waals surface area contributed by atoms with Crippen molar-refractivity contribution in [3.05, 3.63) is 281 Å². The summed E-state index contributed by atoms with van der Waals surface area (Å²) in [7, 11) is 0. The van der Waals surface area contributed by atoms with Gasteiger partial charge in [-0.05, 0) is 113 Å². The van der Waals surface area contributed by atoms with Gasteiger partial charge in [-0.1, -0.05) is 209 Å². The van der Waals surface area contributed by atoms with Crippen molar-refractivity contribution in [1.29, 1.82) is 0 Å². The van der Waals surface area contributed by atoms with E-state index in [2.05, 4.69) is 88.0 Å². The third-order valence-electron chi connectivity index (χ3n) is 10.5. The zero-order chi connectivity index (χ0) is 49.1. The number of ketones is 4. The molecule has 71 heavy (non-hydrogen) atoms. The van der Waals surface area contributed by atoms with Crippen LogP contribution in [0, 0.1) is 0 Å². The Bertz CT molecular complexity index is 2830. The molecule has 0 amide bonds. The number of rotatable bonds is 11. The number of allylic oxidation sites excluding steroid dienone is 4. The maximum absolute atomic E-state index is 14.1. The molecule has 9 rings (SSSR count). The van der Waals surface area contributed by atoms with Crippen LogP contribution < -0.4 is 51.4 Å². The van der Waals surface area contributed by atoms with Crippen LogP contribution >= 0.6 is 63.7 Å². The van der Waals surface area contributed by atoms with Crippen molar-refractivity contribution in [2.45, 2.75) is 19.8 Å².